The number of anilines is 1. The van der Waals surface area contributed by atoms with Crippen molar-refractivity contribution < 1.29 is 14.3 Å². The van der Waals surface area contributed by atoms with Crippen LogP contribution >= 0.6 is 11.3 Å². The Morgan fingerprint density at radius 1 is 0.973 bits per heavy atom. The van der Waals surface area contributed by atoms with Crippen LogP contribution in [0.1, 0.15) is 65.5 Å². The van der Waals surface area contributed by atoms with Crippen LogP contribution < -0.4 is 10.1 Å². The lowest BCUT2D eigenvalue weighted by Crippen LogP contribution is -2.51. The third kappa shape index (κ3) is 4.37. The average molecular weight is 512 g/mol. The molecule has 4 aromatic rings. The van der Waals surface area contributed by atoms with Gasteiger partial charge < -0.3 is 15.0 Å². The number of nitrogens with zero attached hydrogens (tertiary/aromatic N) is 2. The second kappa shape index (κ2) is 9.98. The molecule has 0 bridgehead atoms. The zero-order chi connectivity index (χ0) is 25.4. The largest absolute Gasteiger partial charge is 0.497 e. The van der Waals surface area contributed by atoms with Gasteiger partial charge in [-0.2, -0.15) is 0 Å². The number of para-hydroxylation sites is 1. The minimum atomic E-state index is -0.573. The molecule has 2 aliphatic rings. The standard InChI is InChI=1S/C30H29N3O3S/c1-36-21-17-15-19(16-18-21)27-26(28(34)32-30-31-24-13-7-8-14-25(24)37-30)22-11-5-6-12-23(22)29(35)33(27)20-9-3-2-4-10-20/h5-8,11-18,20,26-27H,2-4,9-10H2,1H3,(H,31,32,34)/t26-,27+/m1/s1. The van der Waals surface area contributed by atoms with Crippen LogP contribution in [0, 0.1) is 0 Å². The molecule has 0 spiro atoms. The fraction of sp³-hybridized carbons (Fsp3) is 0.300. The Hall–Kier alpha value is -3.71. The molecule has 1 saturated carbocycles. The maximum atomic E-state index is 14.1. The van der Waals surface area contributed by atoms with E-state index in [1.165, 1.54) is 17.8 Å². The molecule has 6 rings (SSSR count). The Morgan fingerprint density at radius 2 is 1.70 bits per heavy atom. The molecule has 2 atom stereocenters. The SMILES string of the molecule is COc1ccc([C@H]2[C@H](C(=O)Nc3nc4ccccc4s3)c3ccccc3C(=O)N2C2CCCCC2)cc1. The van der Waals surface area contributed by atoms with Crippen molar-refractivity contribution in [1.29, 1.82) is 0 Å². The quantitative estimate of drug-likeness (QED) is 0.330. The van der Waals surface area contributed by atoms with Crippen molar-refractivity contribution in [3.05, 3.63) is 89.5 Å². The summed E-state index contributed by atoms with van der Waals surface area (Å²) in [5.74, 6) is 0.0233. The Kier molecular flexibility index (Phi) is 6.38. The van der Waals surface area contributed by atoms with Crippen LogP contribution in [0.25, 0.3) is 10.2 Å². The van der Waals surface area contributed by atoms with Gasteiger partial charge in [0, 0.05) is 11.6 Å². The molecule has 3 aromatic carbocycles. The monoisotopic (exact) mass is 511 g/mol. The van der Waals surface area contributed by atoms with Gasteiger partial charge in [-0.05, 0) is 54.3 Å². The first-order valence-electron chi connectivity index (χ1n) is 12.9. The number of aromatic nitrogens is 1. The number of carbonyl (C=O) groups excluding carboxylic acids is 2. The van der Waals surface area contributed by atoms with Crippen LogP contribution in [0.2, 0.25) is 0 Å². The van der Waals surface area contributed by atoms with Gasteiger partial charge in [0.25, 0.3) is 5.91 Å². The first kappa shape index (κ1) is 23.7. The highest BCUT2D eigenvalue weighted by Crippen LogP contribution is 2.46. The number of benzene rings is 3. The van der Waals surface area contributed by atoms with Crippen molar-refractivity contribution in [1.82, 2.24) is 9.88 Å². The van der Waals surface area contributed by atoms with E-state index in [0.29, 0.717) is 10.7 Å². The van der Waals surface area contributed by atoms with Crippen LogP contribution in [-0.2, 0) is 4.79 Å². The molecule has 188 valence electrons. The molecule has 6 nitrogen and oxygen atoms in total. The van der Waals surface area contributed by atoms with Gasteiger partial charge in [0.2, 0.25) is 5.91 Å². The van der Waals surface area contributed by atoms with Crippen LogP contribution in [0.4, 0.5) is 5.13 Å². The first-order valence-corrected chi connectivity index (χ1v) is 13.7. The second-order valence-corrected chi connectivity index (χ2v) is 10.8. The fourth-order valence-electron chi connectivity index (χ4n) is 5.86. The number of thiazole rings is 1. The lowest BCUT2D eigenvalue weighted by atomic mass is 9.77. The van der Waals surface area contributed by atoms with E-state index in [0.717, 1.165) is 52.8 Å². The maximum absolute atomic E-state index is 14.1. The summed E-state index contributed by atoms with van der Waals surface area (Å²) in [6.45, 7) is 0. The average Bonchev–Trinajstić information content (AvgIpc) is 3.35. The third-order valence-corrected chi connectivity index (χ3v) is 8.56. The predicted molar refractivity (Wildman–Crippen MR) is 146 cm³/mol. The van der Waals surface area contributed by atoms with E-state index in [1.807, 2.05) is 77.7 Å². The van der Waals surface area contributed by atoms with E-state index in [-0.39, 0.29) is 17.9 Å². The van der Waals surface area contributed by atoms with Gasteiger partial charge in [0.1, 0.15) is 5.75 Å². The maximum Gasteiger partial charge on any atom is 0.254 e. The number of fused-ring (bicyclic) bond motifs is 2. The van der Waals surface area contributed by atoms with Crippen molar-refractivity contribution in [3.63, 3.8) is 0 Å². The molecule has 0 radical (unpaired) electrons. The van der Waals surface area contributed by atoms with Gasteiger partial charge in [-0.15, -0.1) is 0 Å². The van der Waals surface area contributed by atoms with E-state index in [4.69, 9.17) is 4.74 Å². The molecule has 0 saturated heterocycles. The minimum Gasteiger partial charge on any atom is -0.497 e. The number of rotatable bonds is 5. The van der Waals surface area contributed by atoms with Crippen LogP contribution in [-0.4, -0.2) is 34.8 Å². The Bertz CT molecular complexity index is 1410. The molecular weight excluding hydrogens is 482 g/mol. The number of ether oxygens (including phenoxy) is 1. The molecule has 1 N–H and O–H groups in total. The molecule has 1 aliphatic heterocycles. The topological polar surface area (TPSA) is 71.5 Å². The number of hydrogen-bond donors (Lipinski definition) is 1. The van der Waals surface area contributed by atoms with Gasteiger partial charge in [-0.25, -0.2) is 4.98 Å². The van der Waals surface area contributed by atoms with Crippen molar-refractivity contribution >= 4 is 38.5 Å². The van der Waals surface area contributed by atoms with Crippen molar-refractivity contribution in [2.75, 3.05) is 12.4 Å². The summed E-state index contributed by atoms with van der Waals surface area (Å²) in [5, 5.41) is 3.68. The molecule has 0 unspecified atom stereocenters. The number of methoxy groups -OCH3 is 1. The lowest BCUT2D eigenvalue weighted by molar-refractivity contribution is -0.119. The first-order chi connectivity index (χ1) is 18.1. The summed E-state index contributed by atoms with van der Waals surface area (Å²) in [4.78, 5) is 34.8. The van der Waals surface area contributed by atoms with E-state index in [9.17, 15) is 9.59 Å². The minimum absolute atomic E-state index is 0.00681. The molecular formula is C30H29N3O3S. The number of hydrogen-bond acceptors (Lipinski definition) is 5. The predicted octanol–water partition coefficient (Wildman–Crippen LogP) is 6.56. The third-order valence-electron chi connectivity index (χ3n) is 7.61. The fourth-order valence-corrected chi connectivity index (χ4v) is 6.73. The number of carbonyl (C=O) groups is 2. The normalized spacial score (nSPS) is 20.0. The molecule has 1 aliphatic carbocycles. The smallest absolute Gasteiger partial charge is 0.254 e. The van der Waals surface area contributed by atoms with Crippen LogP contribution in [0.15, 0.2) is 72.8 Å². The highest BCUT2D eigenvalue weighted by Gasteiger charge is 2.46. The van der Waals surface area contributed by atoms with E-state index >= 15 is 0 Å². The Morgan fingerprint density at radius 3 is 2.46 bits per heavy atom. The number of nitrogens with one attached hydrogen (secondary N) is 1. The highest BCUT2D eigenvalue weighted by atomic mass is 32.1. The van der Waals surface area contributed by atoms with E-state index in [2.05, 4.69) is 10.3 Å². The van der Waals surface area contributed by atoms with Crippen molar-refractivity contribution in [2.24, 2.45) is 0 Å². The van der Waals surface area contributed by atoms with Crippen molar-refractivity contribution in [2.45, 2.75) is 50.1 Å². The zero-order valence-electron chi connectivity index (χ0n) is 20.7. The summed E-state index contributed by atoms with van der Waals surface area (Å²) < 4.78 is 6.41. The summed E-state index contributed by atoms with van der Waals surface area (Å²) >= 11 is 1.46. The lowest BCUT2D eigenvalue weighted by Gasteiger charge is -2.46. The highest BCUT2D eigenvalue weighted by molar-refractivity contribution is 7.22. The summed E-state index contributed by atoms with van der Waals surface area (Å²) in [7, 11) is 1.64. The molecule has 2 amide bonds. The van der Waals surface area contributed by atoms with Gasteiger partial charge in [0.05, 0.1) is 29.3 Å². The molecule has 2 heterocycles. The summed E-state index contributed by atoms with van der Waals surface area (Å²) in [6.07, 6.45) is 5.27. The van der Waals surface area contributed by atoms with Crippen LogP contribution in [0.5, 0.6) is 5.75 Å². The van der Waals surface area contributed by atoms with E-state index in [1.54, 1.807) is 7.11 Å². The summed E-state index contributed by atoms with van der Waals surface area (Å²) in [6, 6.07) is 22.9. The van der Waals surface area contributed by atoms with Gasteiger partial charge in [-0.1, -0.05) is 73.1 Å². The molecule has 7 heteroatoms. The molecule has 1 aromatic heterocycles. The summed E-state index contributed by atoms with van der Waals surface area (Å²) in [5.41, 5.74) is 3.16. The van der Waals surface area contributed by atoms with Crippen LogP contribution in [0.3, 0.4) is 0 Å². The Balaban J connectivity index is 1.46. The zero-order valence-corrected chi connectivity index (χ0v) is 21.5. The second-order valence-electron chi connectivity index (χ2n) is 9.76. The number of amides is 2. The van der Waals surface area contributed by atoms with Crippen molar-refractivity contribution in [3.8, 4) is 5.75 Å². The molecule has 1 fully saturated rings. The molecule has 37 heavy (non-hydrogen) atoms. The van der Waals surface area contributed by atoms with E-state index < -0.39 is 12.0 Å². The Labute approximate surface area is 220 Å². The van der Waals surface area contributed by atoms with Gasteiger partial charge in [0.15, 0.2) is 5.13 Å². The van der Waals surface area contributed by atoms with Gasteiger partial charge >= 0.3 is 0 Å². The van der Waals surface area contributed by atoms with Gasteiger partial charge in [-0.3, -0.25) is 9.59 Å².